The van der Waals surface area contributed by atoms with Crippen LogP contribution in [0.3, 0.4) is 0 Å². The Morgan fingerprint density at radius 2 is 1.67 bits per heavy atom. The van der Waals surface area contributed by atoms with Crippen LogP contribution < -0.4 is 15.5 Å². The summed E-state index contributed by atoms with van der Waals surface area (Å²) >= 11 is 0. The van der Waals surface area contributed by atoms with E-state index in [-0.39, 0.29) is 24.0 Å². The zero-order valence-electron chi connectivity index (χ0n) is 18.9. The van der Waals surface area contributed by atoms with Crippen molar-refractivity contribution in [3.05, 3.63) is 59.7 Å². The third kappa shape index (κ3) is 6.24. The van der Waals surface area contributed by atoms with Crippen molar-refractivity contribution in [2.75, 3.05) is 24.3 Å². The first-order valence-corrected chi connectivity index (χ1v) is 10.4. The quantitative estimate of drug-likeness (QED) is 0.658. The normalized spacial score (nSPS) is 11.7. The van der Waals surface area contributed by atoms with Crippen molar-refractivity contribution < 1.29 is 9.59 Å². The van der Waals surface area contributed by atoms with Crippen molar-refractivity contribution in [2.45, 2.75) is 52.7 Å². The van der Waals surface area contributed by atoms with Crippen molar-refractivity contribution in [1.29, 1.82) is 0 Å². The molecule has 0 heterocycles. The highest BCUT2D eigenvalue weighted by Gasteiger charge is 2.22. The Labute approximate surface area is 180 Å². The molecule has 3 amide bonds. The van der Waals surface area contributed by atoms with Crippen molar-refractivity contribution >= 4 is 23.3 Å². The van der Waals surface area contributed by atoms with E-state index in [4.69, 9.17) is 0 Å². The second-order valence-corrected chi connectivity index (χ2v) is 7.95. The predicted octanol–water partition coefficient (Wildman–Crippen LogP) is 4.78. The SMILES string of the molecule is CCC(=O)N(Cc1cc(NC(=O)NC(C)C)ccc1N(C)C)[C@H](C)c1ccccc1. The maximum absolute atomic E-state index is 12.8. The first kappa shape index (κ1) is 23.3. The minimum absolute atomic E-state index is 0.0508. The number of carbonyl (C=O) groups excluding carboxylic acids is 2. The van der Waals surface area contributed by atoms with Crippen LogP contribution in [0, 0.1) is 0 Å². The molecule has 2 N–H and O–H groups in total. The minimum atomic E-state index is -0.243. The molecule has 0 bridgehead atoms. The first-order chi connectivity index (χ1) is 14.2. The molecular weight excluding hydrogens is 376 g/mol. The van der Waals surface area contributed by atoms with E-state index in [1.165, 1.54) is 0 Å². The lowest BCUT2D eigenvalue weighted by Gasteiger charge is -2.31. The van der Waals surface area contributed by atoms with E-state index in [0.717, 1.165) is 16.8 Å². The number of nitrogens with one attached hydrogen (secondary N) is 2. The fraction of sp³-hybridized carbons (Fsp3) is 0.417. The average molecular weight is 411 g/mol. The summed E-state index contributed by atoms with van der Waals surface area (Å²) in [5.74, 6) is 0.0898. The molecule has 2 aromatic carbocycles. The van der Waals surface area contributed by atoms with Gasteiger partial charge in [0.1, 0.15) is 0 Å². The van der Waals surface area contributed by atoms with Gasteiger partial charge in [0.15, 0.2) is 0 Å². The van der Waals surface area contributed by atoms with E-state index in [2.05, 4.69) is 17.6 Å². The zero-order valence-corrected chi connectivity index (χ0v) is 18.9. The summed E-state index contributed by atoms with van der Waals surface area (Å²) in [6, 6.07) is 15.6. The van der Waals surface area contributed by atoms with Crippen LogP contribution >= 0.6 is 0 Å². The van der Waals surface area contributed by atoms with Gasteiger partial charge in [-0.1, -0.05) is 37.3 Å². The van der Waals surface area contributed by atoms with Gasteiger partial charge in [-0.3, -0.25) is 4.79 Å². The number of benzene rings is 2. The van der Waals surface area contributed by atoms with Gasteiger partial charge in [-0.15, -0.1) is 0 Å². The molecule has 2 rings (SSSR count). The Kier molecular flexibility index (Phi) is 8.27. The number of hydrogen-bond donors (Lipinski definition) is 2. The van der Waals surface area contributed by atoms with Gasteiger partial charge in [0.05, 0.1) is 6.04 Å². The molecule has 0 fully saturated rings. The Balaban J connectivity index is 2.36. The standard InChI is InChI=1S/C24H34N4O2/c1-7-23(29)28(18(4)19-11-9-8-10-12-19)16-20-15-21(13-14-22(20)27(5)6)26-24(30)25-17(2)3/h8-15,17-18H,7,16H2,1-6H3,(H2,25,26,30)/t18-/m1/s1. The molecule has 1 atom stereocenters. The summed E-state index contributed by atoms with van der Waals surface area (Å²) in [5.41, 5.74) is 3.78. The van der Waals surface area contributed by atoms with Crippen LogP contribution in [-0.2, 0) is 11.3 Å². The minimum Gasteiger partial charge on any atom is -0.377 e. The van der Waals surface area contributed by atoms with Gasteiger partial charge >= 0.3 is 6.03 Å². The second kappa shape index (κ2) is 10.7. The van der Waals surface area contributed by atoms with E-state index in [1.807, 2.05) is 93.2 Å². The van der Waals surface area contributed by atoms with Crippen molar-refractivity contribution in [2.24, 2.45) is 0 Å². The zero-order chi connectivity index (χ0) is 22.3. The summed E-state index contributed by atoms with van der Waals surface area (Å²) in [5, 5.41) is 5.72. The Morgan fingerprint density at radius 1 is 1.00 bits per heavy atom. The number of hydrogen-bond acceptors (Lipinski definition) is 3. The van der Waals surface area contributed by atoms with Crippen LogP contribution in [0.5, 0.6) is 0 Å². The van der Waals surface area contributed by atoms with Crippen LogP contribution in [0.4, 0.5) is 16.2 Å². The highest BCUT2D eigenvalue weighted by atomic mass is 16.2. The lowest BCUT2D eigenvalue weighted by Crippen LogP contribution is -2.34. The summed E-state index contributed by atoms with van der Waals surface area (Å²) in [7, 11) is 3.95. The van der Waals surface area contributed by atoms with Gasteiger partial charge in [-0.05, 0) is 50.1 Å². The van der Waals surface area contributed by atoms with Gasteiger partial charge < -0.3 is 20.4 Å². The topological polar surface area (TPSA) is 64.7 Å². The van der Waals surface area contributed by atoms with Crippen molar-refractivity contribution in [3.8, 4) is 0 Å². The molecule has 0 radical (unpaired) electrons. The molecule has 0 aliphatic rings. The number of rotatable bonds is 8. The molecule has 0 aliphatic heterocycles. The third-order valence-electron chi connectivity index (χ3n) is 4.95. The molecule has 0 unspecified atom stereocenters. The highest BCUT2D eigenvalue weighted by Crippen LogP contribution is 2.29. The second-order valence-electron chi connectivity index (χ2n) is 7.95. The van der Waals surface area contributed by atoms with E-state index in [9.17, 15) is 9.59 Å². The van der Waals surface area contributed by atoms with Crippen LogP contribution in [0.2, 0.25) is 0 Å². The summed E-state index contributed by atoms with van der Waals surface area (Å²) in [6.07, 6.45) is 0.434. The summed E-state index contributed by atoms with van der Waals surface area (Å²) in [6.45, 7) is 8.22. The molecule has 162 valence electrons. The summed E-state index contributed by atoms with van der Waals surface area (Å²) in [4.78, 5) is 28.9. The highest BCUT2D eigenvalue weighted by molar-refractivity contribution is 5.90. The number of amides is 3. The number of anilines is 2. The monoisotopic (exact) mass is 410 g/mol. The number of carbonyl (C=O) groups is 2. The maximum Gasteiger partial charge on any atom is 0.319 e. The summed E-state index contributed by atoms with van der Waals surface area (Å²) < 4.78 is 0. The van der Waals surface area contributed by atoms with E-state index in [1.54, 1.807) is 0 Å². The fourth-order valence-corrected chi connectivity index (χ4v) is 3.39. The van der Waals surface area contributed by atoms with E-state index < -0.39 is 0 Å². The van der Waals surface area contributed by atoms with Crippen molar-refractivity contribution in [3.63, 3.8) is 0 Å². The molecule has 0 saturated carbocycles. The van der Waals surface area contributed by atoms with Crippen LogP contribution in [0.25, 0.3) is 0 Å². The Bertz CT molecular complexity index is 850. The van der Waals surface area contributed by atoms with Gasteiger partial charge in [0, 0.05) is 44.5 Å². The molecule has 6 nitrogen and oxygen atoms in total. The molecule has 2 aromatic rings. The number of urea groups is 1. The molecule has 30 heavy (non-hydrogen) atoms. The molecule has 0 aliphatic carbocycles. The molecule has 0 aromatic heterocycles. The van der Waals surface area contributed by atoms with Gasteiger partial charge in [0.2, 0.25) is 5.91 Å². The predicted molar refractivity (Wildman–Crippen MR) is 124 cm³/mol. The van der Waals surface area contributed by atoms with Crippen LogP contribution in [-0.4, -0.2) is 37.0 Å². The Hall–Kier alpha value is -3.02. The van der Waals surface area contributed by atoms with Gasteiger partial charge in [0.25, 0.3) is 0 Å². The smallest absolute Gasteiger partial charge is 0.319 e. The maximum atomic E-state index is 12.8. The van der Waals surface area contributed by atoms with E-state index in [0.29, 0.717) is 18.7 Å². The molecule has 6 heteroatoms. The van der Waals surface area contributed by atoms with Crippen molar-refractivity contribution in [1.82, 2.24) is 10.2 Å². The third-order valence-corrected chi connectivity index (χ3v) is 4.95. The van der Waals surface area contributed by atoms with E-state index >= 15 is 0 Å². The fourth-order valence-electron chi connectivity index (χ4n) is 3.39. The first-order valence-electron chi connectivity index (χ1n) is 10.4. The molecular formula is C24H34N4O2. The van der Waals surface area contributed by atoms with Gasteiger partial charge in [-0.25, -0.2) is 4.79 Å². The van der Waals surface area contributed by atoms with Gasteiger partial charge in [-0.2, -0.15) is 0 Å². The van der Waals surface area contributed by atoms with Crippen LogP contribution in [0.1, 0.15) is 51.3 Å². The average Bonchev–Trinajstić information content (AvgIpc) is 2.70. The molecule has 0 spiro atoms. The van der Waals surface area contributed by atoms with Crippen LogP contribution in [0.15, 0.2) is 48.5 Å². The lowest BCUT2D eigenvalue weighted by atomic mass is 10.0. The Morgan fingerprint density at radius 3 is 2.23 bits per heavy atom. The largest absolute Gasteiger partial charge is 0.377 e. The number of nitrogens with zero attached hydrogens (tertiary/aromatic N) is 2. The lowest BCUT2D eigenvalue weighted by molar-refractivity contribution is -0.133. The molecule has 0 saturated heterocycles.